The number of hydrogen-bond donors (Lipinski definition) is 1. The van der Waals surface area contributed by atoms with Crippen LogP contribution in [0.1, 0.15) is 12.8 Å². The fraction of sp³-hybridized carbons (Fsp3) is 0.929. The molecular weight excluding hydrogens is 383 g/mol. The van der Waals surface area contributed by atoms with Crippen LogP contribution < -0.4 is 0 Å². The van der Waals surface area contributed by atoms with Gasteiger partial charge in [-0.3, -0.25) is 9.69 Å². The molecule has 2 rings (SSSR count). The number of carboxylic acid groups (broad SMARTS) is 1. The fourth-order valence-electron chi connectivity index (χ4n) is 3.04. The molecule has 0 saturated carbocycles. The minimum Gasteiger partial charge on any atom is -0.480 e. The molecule has 2 heterocycles. The van der Waals surface area contributed by atoms with Gasteiger partial charge >= 0.3 is 5.97 Å². The molecule has 2 unspecified atom stereocenters. The largest absolute Gasteiger partial charge is 0.480 e. The Morgan fingerprint density at radius 2 is 1.38 bits per heavy atom. The standard InChI is InChI=1S/C14H27IN4O2/c15-19-6-2-4-16-7-8-17(11-12-19)3-1-5-18(10-9-16)13-14(20)21/h1-13H2,(H,20,21). The van der Waals surface area contributed by atoms with Gasteiger partial charge in [-0.2, -0.15) is 0 Å². The zero-order valence-electron chi connectivity index (χ0n) is 12.7. The van der Waals surface area contributed by atoms with Crippen molar-refractivity contribution < 1.29 is 9.90 Å². The Balaban J connectivity index is 1.96. The first-order valence-electron chi connectivity index (χ1n) is 7.93. The molecule has 2 saturated heterocycles. The van der Waals surface area contributed by atoms with E-state index < -0.39 is 5.97 Å². The Hall–Kier alpha value is 0.0400. The van der Waals surface area contributed by atoms with Crippen molar-refractivity contribution in [2.75, 3.05) is 72.0 Å². The topological polar surface area (TPSA) is 50.3 Å². The van der Waals surface area contributed by atoms with Crippen LogP contribution in [0.4, 0.5) is 0 Å². The number of nitrogens with zero attached hydrogens (tertiary/aromatic N) is 4. The van der Waals surface area contributed by atoms with E-state index in [9.17, 15) is 4.79 Å². The van der Waals surface area contributed by atoms with Crippen molar-refractivity contribution in [2.45, 2.75) is 12.8 Å². The number of carbonyl (C=O) groups is 1. The van der Waals surface area contributed by atoms with Gasteiger partial charge in [0.25, 0.3) is 0 Å². The quantitative estimate of drug-likeness (QED) is 0.527. The Morgan fingerprint density at radius 3 is 2.05 bits per heavy atom. The first-order chi connectivity index (χ1) is 10.1. The Kier molecular flexibility index (Phi) is 7.65. The second-order valence-electron chi connectivity index (χ2n) is 5.97. The summed E-state index contributed by atoms with van der Waals surface area (Å²) >= 11 is 2.44. The van der Waals surface area contributed by atoms with Gasteiger partial charge in [0, 0.05) is 75.2 Å². The highest BCUT2D eigenvalue weighted by Gasteiger charge is 2.18. The Morgan fingerprint density at radius 1 is 0.810 bits per heavy atom. The molecule has 2 bridgehead atoms. The van der Waals surface area contributed by atoms with Crippen LogP contribution in [0.15, 0.2) is 0 Å². The molecule has 2 aliphatic rings. The number of rotatable bonds is 2. The van der Waals surface area contributed by atoms with Crippen molar-refractivity contribution >= 4 is 28.8 Å². The van der Waals surface area contributed by atoms with Crippen LogP contribution in [0.25, 0.3) is 0 Å². The molecule has 0 aliphatic carbocycles. The second-order valence-corrected chi connectivity index (χ2v) is 7.33. The van der Waals surface area contributed by atoms with Crippen LogP contribution in [-0.4, -0.2) is 101 Å². The summed E-state index contributed by atoms with van der Waals surface area (Å²) in [5.41, 5.74) is 0. The monoisotopic (exact) mass is 410 g/mol. The van der Waals surface area contributed by atoms with E-state index in [4.69, 9.17) is 5.11 Å². The van der Waals surface area contributed by atoms with E-state index in [1.807, 2.05) is 0 Å². The van der Waals surface area contributed by atoms with E-state index in [0.29, 0.717) is 0 Å². The Bertz CT molecular complexity index is 332. The third-order valence-corrected chi connectivity index (χ3v) is 5.27. The minimum absolute atomic E-state index is 0.176. The van der Waals surface area contributed by atoms with Crippen LogP contribution in [0.3, 0.4) is 0 Å². The molecule has 0 amide bonds. The molecule has 0 aromatic heterocycles. The molecule has 1 N–H and O–H groups in total. The van der Waals surface area contributed by atoms with Gasteiger partial charge in [-0.1, -0.05) is 0 Å². The second kappa shape index (κ2) is 9.24. The molecular formula is C14H27IN4O2. The number of fused-ring (bicyclic) bond motifs is 3. The highest BCUT2D eigenvalue weighted by molar-refractivity contribution is 14.1. The average molecular weight is 410 g/mol. The van der Waals surface area contributed by atoms with Gasteiger partial charge in [0.1, 0.15) is 0 Å². The zero-order valence-corrected chi connectivity index (χ0v) is 14.9. The summed E-state index contributed by atoms with van der Waals surface area (Å²) in [5, 5.41) is 9.03. The van der Waals surface area contributed by atoms with Crippen LogP contribution in [-0.2, 0) is 4.79 Å². The zero-order chi connectivity index (χ0) is 15.1. The van der Waals surface area contributed by atoms with Gasteiger partial charge < -0.3 is 14.9 Å². The van der Waals surface area contributed by atoms with E-state index >= 15 is 0 Å². The van der Waals surface area contributed by atoms with E-state index in [0.717, 1.165) is 71.9 Å². The summed E-state index contributed by atoms with van der Waals surface area (Å²) in [6, 6.07) is 0. The molecule has 0 aromatic carbocycles. The van der Waals surface area contributed by atoms with Crippen molar-refractivity contribution in [3.05, 3.63) is 0 Å². The van der Waals surface area contributed by atoms with Gasteiger partial charge in [0.2, 0.25) is 0 Å². The number of hydrogen-bond acceptors (Lipinski definition) is 5. The maximum atomic E-state index is 11.0. The van der Waals surface area contributed by atoms with Gasteiger partial charge in [-0.05, 0) is 25.9 Å². The van der Waals surface area contributed by atoms with E-state index in [2.05, 4.69) is 40.7 Å². The number of carboxylic acids is 1. The molecule has 21 heavy (non-hydrogen) atoms. The van der Waals surface area contributed by atoms with Gasteiger partial charge in [-0.25, -0.2) is 3.11 Å². The van der Waals surface area contributed by atoms with E-state index in [-0.39, 0.29) is 6.54 Å². The predicted molar refractivity (Wildman–Crippen MR) is 91.8 cm³/mol. The highest BCUT2D eigenvalue weighted by Crippen LogP contribution is 2.08. The smallest absolute Gasteiger partial charge is 0.317 e. The van der Waals surface area contributed by atoms with Crippen molar-refractivity contribution in [1.82, 2.24) is 17.8 Å². The van der Waals surface area contributed by atoms with Crippen LogP contribution in [0.2, 0.25) is 0 Å². The van der Waals surface area contributed by atoms with Gasteiger partial charge in [-0.15, -0.1) is 0 Å². The van der Waals surface area contributed by atoms with Crippen LogP contribution in [0, 0.1) is 0 Å². The lowest BCUT2D eigenvalue weighted by Crippen LogP contribution is -2.46. The number of aliphatic carboxylic acids is 1. The molecule has 2 fully saturated rings. The van der Waals surface area contributed by atoms with Crippen molar-refractivity contribution in [1.29, 1.82) is 0 Å². The lowest BCUT2D eigenvalue weighted by Gasteiger charge is -2.34. The number of halogens is 1. The maximum absolute atomic E-state index is 11.0. The summed E-state index contributed by atoms with van der Waals surface area (Å²) in [7, 11) is 0. The third-order valence-electron chi connectivity index (χ3n) is 4.31. The van der Waals surface area contributed by atoms with Crippen molar-refractivity contribution in [3.63, 3.8) is 0 Å². The lowest BCUT2D eigenvalue weighted by atomic mass is 10.2. The first-order valence-corrected chi connectivity index (χ1v) is 8.89. The highest BCUT2D eigenvalue weighted by atomic mass is 127. The molecule has 0 radical (unpaired) electrons. The minimum atomic E-state index is -0.711. The normalized spacial score (nSPS) is 30.9. The summed E-state index contributed by atoms with van der Waals surface area (Å²) in [4.78, 5) is 18.1. The Labute approximate surface area is 141 Å². The molecule has 2 aliphatic heterocycles. The average Bonchev–Trinajstić information content (AvgIpc) is 2.44. The van der Waals surface area contributed by atoms with E-state index in [1.54, 1.807) is 0 Å². The van der Waals surface area contributed by atoms with E-state index in [1.165, 1.54) is 6.42 Å². The SMILES string of the molecule is O=C(O)CN1CCCN2CCN(I)CCCN(CC2)CC1. The molecule has 7 heteroatoms. The van der Waals surface area contributed by atoms with Crippen LogP contribution in [0.5, 0.6) is 0 Å². The summed E-state index contributed by atoms with van der Waals surface area (Å²) < 4.78 is 2.40. The maximum Gasteiger partial charge on any atom is 0.317 e. The van der Waals surface area contributed by atoms with Gasteiger partial charge in [0.15, 0.2) is 0 Å². The molecule has 0 aromatic rings. The van der Waals surface area contributed by atoms with Crippen molar-refractivity contribution in [3.8, 4) is 0 Å². The summed E-state index contributed by atoms with van der Waals surface area (Å²) in [5.74, 6) is -0.711. The fourth-order valence-corrected chi connectivity index (χ4v) is 3.60. The lowest BCUT2D eigenvalue weighted by molar-refractivity contribution is -0.138. The predicted octanol–water partition coefficient (Wildman–Crippen LogP) is 0.436. The van der Waals surface area contributed by atoms with Crippen molar-refractivity contribution in [2.24, 2.45) is 0 Å². The molecule has 2 atom stereocenters. The first kappa shape index (κ1) is 17.4. The van der Waals surface area contributed by atoms with Crippen LogP contribution >= 0.6 is 22.9 Å². The third kappa shape index (κ3) is 6.77. The molecule has 122 valence electrons. The molecule has 6 nitrogen and oxygen atoms in total. The molecule has 0 spiro atoms. The summed E-state index contributed by atoms with van der Waals surface area (Å²) in [6.07, 6.45) is 2.26. The van der Waals surface area contributed by atoms with Gasteiger partial charge in [0.05, 0.1) is 6.54 Å². The summed E-state index contributed by atoms with van der Waals surface area (Å²) in [6.45, 7) is 10.8.